The van der Waals surface area contributed by atoms with Crippen LogP contribution < -0.4 is 0 Å². The Balaban J connectivity index is 1.98. The van der Waals surface area contributed by atoms with E-state index in [1.54, 1.807) is 24.4 Å². The van der Waals surface area contributed by atoms with Gasteiger partial charge in [0.15, 0.2) is 5.65 Å². The normalized spacial score (nSPS) is 23.9. The molecule has 18 heavy (non-hydrogen) atoms. The first-order valence-corrected chi connectivity index (χ1v) is 7.03. The molecule has 0 saturated carbocycles. The summed E-state index contributed by atoms with van der Waals surface area (Å²) in [7, 11) is 0. The summed E-state index contributed by atoms with van der Waals surface area (Å²) in [6.07, 6.45) is 6.82. The lowest BCUT2D eigenvalue weighted by Crippen LogP contribution is -2.14. The van der Waals surface area contributed by atoms with Gasteiger partial charge in [0.25, 0.3) is 0 Å². The number of imidazole rings is 1. The van der Waals surface area contributed by atoms with Crippen molar-refractivity contribution in [1.82, 2.24) is 19.5 Å². The summed E-state index contributed by atoms with van der Waals surface area (Å²) >= 11 is 1.55. The molecule has 1 N–H and O–H groups in total. The van der Waals surface area contributed by atoms with E-state index in [2.05, 4.69) is 15.0 Å². The summed E-state index contributed by atoms with van der Waals surface area (Å²) in [5.74, 6) is 0. The van der Waals surface area contributed by atoms with E-state index in [1.807, 2.05) is 10.8 Å². The minimum absolute atomic E-state index is 0.0637. The van der Waals surface area contributed by atoms with Gasteiger partial charge in [-0.2, -0.15) is 0 Å². The van der Waals surface area contributed by atoms with Gasteiger partial charge in [-0.05, 0) is 19.1 Å². The van der Waals surface area contributed by atoms with Gasteiger partial charge in [0, 0.05) is 0 Å². The Morgan fingerprint density at radius 2 is 2.33 bits per heavy atom. The molecule has 2 aromatic heterocycles. The first kappa shape index (κ1) is 11.9. The molecular weight excluding hydrogens is 252 g/mol. The van der Waals surface area contributed by atoms with Crippen molar-refractivity contribution in [2.45, 2.75) is 30.2 Å². The number of aliphatic hydroxyl groups excluding tert-OH is 1. The van der Waals surface area contributed by atoms with Crippen LogP contribution in [-0.4, -0.2) is 43.6 Å². The predicted octanol–water partition coefficient (Wildman–Crippen LogP) is 1.22. The highest BCUT2D eigenvalue weighted by Crippen LogP contribution is 2.31. The average molecular weight is 266 g/mol. The zero-order chi connectivity index (χ0) is 12.5. The second kappa shape index (κ2) is 4.83. The lowest BCUT2D eigenvalue weighted by molar-refractivity contribution is -0.0207. The molecule has 3 rings (SSSR count). The van der Waals surface area contributed by atoms with Crippen LogP contribution in [0, 0.1) is 0 Å². The van der Waals surface area contributed by atoms with Gasteiger partial charge in [0.1, 0.15) is 23.1 Å². The molecule has 0 spiro atoms. The summed E-state index contributed by atoms with van der Waals surface area (Å²) in [5, 5.41) is 9.97. The number of ether oxygens (including phenoxy) is 1. The minimum Gasteiger partial charge on any atom is -0.394 e. The Morgan fingerprint density at radius 3 is 3.06 bits per heavy atom. The fourth-order valence-electron chi connectivity index (χ4n) is 2.22. The van der Waals surface area contributed by atoms with Crippen molar-refractivity contribution in [2.75, 3.05) is 12.9 Å². The van der Waals surface area contributed by atoms with Crippen LogP contribution in [-0.2, 0) is 4.74 Å². The van der Waals surface area contributed by atoms with E-state index < -0.39 is 0 Å². The summed E-state index contributed by atoms with van der Waals surface area (Å²) in [4.78, 5) is 12.8. The number of nitrogens with zero attached hydrogens (tertiary/aromatic N) is 4. The van der Waals surface area contributed by atoms with Gasteiger partial charge < -0.3 is 9.84 Å². The number of fused-ring (bicyclic) bond motifs is 1. The maximum absolute atomic E-state index is 9.10. The van der Waals surface area contributed by atoms with Crippen LogP contribution >= 0.6 is 11.8 Å². The van der Waals surface area contributed by atoms with Gasteiger partial charge in [0.05, 0.1) is 19.0 Å². The first-order valence-electron chi connectivity index (χ1n) is 5.81. The topological polar surface area (TPSA) is 73.1 Å². The Kier molecular flexibility index (Phi) is 3.19. The Labute approximate surface area is 108 Å². The Bertz CT molecular complexity index is 559. The summed E-state index contributed by atoms with van der Waals surface area (Å²) in [5.41, 5.74) is 1.60. The maximum atomic E-state index is 9.10. The van der Waals surface area contributed by atoms with Crippen molar-refractivity contribution >= 4 is 22.9 Å². The molecule has 0 aliphatic carbocycles. The van der Waals surface area contributed by atoms with Crippen LogP contribution in [0.4, 0.5) is 0 Å². The average Bonchev–Trinajstić information content (AvgIpc) is 3.03. The molecule has 2 atom stereocenters. The second-order valence-corrected chi connectivity index (χ2v) is 4.97. The van der Waals surface area contributed by atoms with E-state index in [1.165, 1.54) is 0 Å². The summed E-state index contributed by atoms with van der Waals surface area (Å²) in [6, 6.07) is 0. The molecule has 0 amide bonds. The molecule has 96 valence electrons. The number of hydrogen-bond acceptors (Lipinski definition) is 6. The van der Waals surface area contributed by atoms with Crippen molar-refractivity contribution < 1.29 is 9.84 Å². The van der Waals surface area contributed by atoms with Gasteiger partial charge in [-0.1, -0.05) is 0 Å². The molecule has 1 aliphatic rings. The molecule has 0 aromatic carbocycles. The highest BCUT2D eigenvalue weighted by Gasteiger charge is 2.27. The zero-order valence-electron chi connectivity index (χ0n) is 9.98. The quantitative estimate of drug-likeness (QED) is 0.665. The van der Waals surface area contributed by atoms with E-state index in [0.29, 0.717) is 0 Å². The Morgan fingerprint density at radius 1 is 1.44 bits per heavy atom. The van der Waals surface area contributed by atoms with E-state index in [9.17, 15) is 0 Å². The summed E-state index contributed by atoms with van der Waals surface area (Å²) in [6.45, 7) is 0.0637. The van der Waals surface area contributed by atoms with Gasteiger partial charge in [-0.15, -0.1) is 11.8 Å². The molecule has 1 aliphatic heterocycles. The van der Waals surface area contributed by atoms with Crippen LogP contribution in [0.15, 0.2) is 17.7 Å². The second-order valence-electron chi connectivity index (χ2n) is 4.18. The molecule has 0 radical (unpaired) electrons. The standard InChI is InChI=1S/C11H14N4O2S/c1-18-11-9-10(12-5-13-11)15(6-14-9)8-3-2-7(4-16)17-8/h5-8,16H,2-4H2,1H3/t7-,8?/m0/s1. The van der Waals surface area contributed by atoms with Crippen LogP contribution in [0.25, 0.3) is 11.2 Å². The molecule has 0 bridgehead atoms. The van der Waals surface area contributed by atoms with E-state index in [-0.39, 0.29) is 18.9 Å². The minimum atomic E-state index is -0.0863. The molecule has 3 heterocycles. The maximum Gasteiger partial charge on any atom is 0.166 e. The number of aliphatic hydroxyl groups is 1. The van der Waals surface area contributed by atoms with Crippen LogP contribution in [0.5, 0.6) is 0 Å². The van der Waals surface area contributed by atoms with Gasteiger partial charge in [-0.25, -0.2) is 15.0 Å². The Hall–Kier alpha value is -1.18. The van der Waals surface area contributed by atoms with E-state index >= 15 is 0 Å². The van der Waals surface area contributed by atoms with Crippen molar-refractivity contribution in [1.29, 1.82) is 0 Å². The smallest absolute Gasteiger partial charge is 0.166 e. The fourth-order valence-corrected chi connectivity index (χ4v) is 2.71. The van der Waals surface area contributed by atoms with Crippen LogP contribution in [0.1, 0.15) is 19.1 Å². The number of thioether (sulfide) groups is 1. The molecule has 1 fully saturated rings. The lowest BCUT2D eigenvalue weighted by atomic mass is 10.2. The number of hydrogen-bond donors (Lipinski definition) is 1. The van der Waals surface area contributed by atoms with E-state index in [4.69, 9.17) is 9.84 Å². The molecule has 7 heteroatoms. The molecular formula is C11H14N4O2S. The highest BCUT2D eigenvalue weighted by atomic mass is 32.2. The van der Waals surface area contributed by atoms with Crippen molar-refractivity contribution in [3.8, 4) is 0 Å². The molecule has 2 aromatic rings. The fraction of sp³-hybridized carbons (Fsp3) is 0.545. The monoisotopic (exact) mass is 266 g/mol. The molecule has 6 nitrogen and oxygen atoms in total. The first-order chi connectivity index (χ1) is 8.83. The lowest BCUT2D eigenvalue weighted by Gasteiger charge is -2.13. The van der Waals surface area contributed by atoms with Crippen LogP contribution in [0.3, 0.4) is 0 Å². The third kappa shape index (κ3) is 1.88. The van der Waals surface area contributed by atoms with E-state index in [0.717, 1.165) is 29.0 Å². The van der Waals surface area contributed by atoms with Gasteiger partial charge in [-0.3, -0.25) is 4.57 Å². The predicted molar refractivity (Wildman–Crippen MR) is 67.3 cm³/mol. The number of rotatable bonds is 3. The van der Waals surface area contributed by atoms with Crippen molar-refractivity contribution in [3.63, 3.8) is 0 Å². The van der Waals surface area contributed by atoms with Gasteiger partial charge >= 0.3 is 0 Å². The van der Waals surface area contributed by atoms with Gasteiger partial charge in [0.2, 0.25) is 0 Å². The third-order valence-electron chi connectivity index (χ3n) is 3.12. The zero-order valence-corrected chi connectivity index (χ0v) is 10.8. The van der Waals surface area contributed by atoms with Crippen molar-refractivity contribution in [3.05, 3.63) is 12.7 Å². The van der Waals surface area contributed by atoms with Crippen LogP contribution in [0.2, 0.25) is 0 Å². The SMILES string of the molecule is CSc1ncnc2c1ncn2C1CC[C@@H](CO)O1. The third-order valence-corrected chi connectivity index (χ3v) is 3.80. The largest absolute Gasteiger partial charge is 0.394 e. The van der Waals surface area contributed by atoms with Crippen molar-refractivity contribution in [2.24, 2.45) is 0 Å². The molecule has 1 saturated heterocycles. The highest BCUT2D eigenvalue weighted by molar-refractivity contribution is 7.98. The number of aromatic nitrogens is 4. The summed E-state index contributed by atoms with van der Waals surface area (Å²) < 4.78 is 7.67. The molecule has 1 unspecified atom stereocenters.